The summed E-state index contributed by atoms with van der Waals surface area (Å²) in [4.78, 5) is 11.8. The molecule has 0 N–H and O–H groups in total. The summed E-state index contributed by atoms with van der Waals surface area (Å²) in [5.74, 6) is 0.950. The zero-order chi connectivity index (χ0) is 17.6. The van der Waals surface area contributed by atoms with Crippen molar-refractivity contribution in [1.29, 1.82) is 0 Å². The third-order valence-corrected chi connectivity index (χ3v) is 4.54. The Morgan fingerprint density at radius 1 is 1.40 bits per heavy atom. The van der Waals surface area contributed by atoms with Gasteiger partial charge in [-0.25, -0.2) is 0 Å². The fourth-order valence-electron chi connectivity index (χ4n) is 3.16. The average molecular weight is 348 g/mol. The summed E-state index contributed by atoms with van der Waals surface area (Å²) in [5.41, 5.74) is 0.945. The van der Waals surface area contributed by atoms with Crippen molar-refractivity contribution in [1.82, 2.24) is 5.01 Å². The van der Waals surface area contributed by atoms with E-state index in [-0.39, 0.29) is 31.1 Å². The van der Waals surface area contributed by atoms with Gasteiger partial charge < -0.3 is 18.9 Å². The fourth-order valence-corrected chi connectivity index (χ4v) is 3.16. The summed E-state index contributed by atoms with van der Waals surface area (Å²) in [7, 11) is 3.10. The van der Waals surface area contributed by atoms with Gasteiger partial charge >= 0.3 is 5.97 Å². The second-order valence-corrected chi connectivity index (χ2v) is 6.18. The first kappa shape index (κ1) is 17.5. The third-order valence-electron chi connectivity index (χ3n) is 4.54. The first-order chi connectivity index (χ1) is 12.2. The van der Waals surface area contributed by atoms with E-state index in [1.54, 1.807) is 7.11 Å². The summed E-state index contributed by atoms with van der Waals surface area (Å²) in [5, 5.41) is 6.67. The quantitative estimate of drug-likeness (QED) is 0.556. The number of fused-ring (bicyclic) bond motifs is 1. The highest BCUT2D eigenvalue weighted by Gasteiger charge is 2.24. The SMILES string of the molecule is COC[C@H]1CCCN1/N=C/[C@@H](CC(=O)OC)c1ccc2c(c1)OCO2. The second-order valence-electron chi connectivity index (χ2n) is 6.18. The molecule has 0 aromatic heterocycles. The van der Waals surface area contributed by atoms with Crippen molar-refractivity contribution in [2.75, 3.05) is 34.2 Å². The molecule has 1 aromatic carbocycles. The molecule has 0 bridgehead atoms. The van der Waals surface area contributed by atoms with Gasteiger partial charge in [0.1, 0.15) is 0 Å². The number of methoxy groups -OCH3 is 2. The van der Waals surface area contributed by atoms with E-state index in [4.69, 9.17) is 18.9 Å². The molecule has 0 radical (unpaired) electrons. The van der Waals surface area contributed by atoms with Crippen LogP contribution < -0.4 is 9.47 Å². The summed E-state index contributed by atoms with van der Waals surface area (Å²) in [6.45, 7) is 1.78. The first-order valence-corrected chi connectivity index (χ1v) is 8.47. The molecule has 0 amide bonds. The van der Waals surface area contributed by atoms with Crippen molar-refractivity contribution in [3.05, 3.63) is 23.8 Å². The van der Waals surface area contributed by atoms with Gasteiger partial charge in [-0.15, -0.1) is 0 Å². The number of hydrogen-bond acceptors (Lipinski definition) is 7. The number of benzene rings is 1. The maximum Gasteiger partial charge on any atom is 0.306 e. The molecule has 0 spiro atoms. The van der Waals surface area contributed by atoms with Crippen molar-refractivity contribution >= 4 is 12.2 Å². The van der Waals surface area contributed by atoms with Gasteiger partial charge in [-0.05, 0) is 30.5 Å². The van der Waals surface area contributed by atoms with E-state index in [9.17, 15) is 4.79 Å². The molecule has 2 aliphatic rings. The molecule has 2 aliphatic heterocycles. The zero-order valence-electron chi connectivity index (χ0n) is 14.6. The van der Waals surface area contributed by atoms with E-state index in [2.05, 4.69) is 5.10 Å². The molecule has 2 atom stereocenters. The Hall–Kier alpha value is -2.28. The lowest BCUT2D eigenvalue weighted by Crippen LogP contribution is -2.28. The third kappa shape index (κ3) is 4.22. The lowest BCUT2D eigenvalue weighted by molar-refractivity contribution is -0.140. The maximum atomic E-state index is 11.8. The van der Waals surface area contributed by atoms with Crippen LogP contribution in [0.15, 0.2) is 23.3 Å². The van der Waals surface area contributed by atoms with E-state index < -0.39 is 0 Å². The maximum absolute atomic E-state index is 11.8. The van der Waals surface area contributed by atoms with E-state index >= 15 is 0 Å². The van der Waals surface area contributed by atoms with Gasteiger partial charge in [0.15, 0.2) is 11.5 Å². The first-order valence-electron chi connectivity index (χ1n) is 8.47. The minimum absolute atomic E-state index is 0.189. The Bertz CT molecular complexity index is 634. The number of nitrogens with zero attached hydrogens (tertiary/aromatic N) is 2. The van der Waals surface area contributed by atoms with Crippen LogP contribution in [-0.4, -0.2) is 57.4 Å². The molecule has 1 fully saturated rings. The molecule has 7 nitrogen and oxygen atoms in total. The highest BCUT2D eigenvalue weighted by molar-refractivity contribution is 5.79. The van der Waals surface area contributed by atoms with E-state index in [1.807, 2.05) is 29.4 Å². The summed E-state index contributed by atoms with van der Waals surface area (Å²) in [6, 6.07) is 5.98. The Morgan fingerprint density at radius 3 is 3.04 bits per heavy atom. The largest absolute Gasteiger partial charge is 0.469 e. The van der Waals surface area contributed by atoms with Crippen molar-refractivity contribution in [2.45, 2.75) is 31.2 Å². The predicted molar refractivity (Wildman–Crippen MR) is 92.0 cm³/mol. The molecular formula is C18H24N2O5. The molecule has 2 heterocycles. The van der Waals surface area contributed by atoms with Crippen LogP contribution in [0.3, 0.4) is 0 Å². The van der Waals surface area contributed by atoms with Crippen LogP contribution in [-0.2, 0) is 14.3 Å². The average Bonchev–Trinajstić information content (AvgIpc) is 3.27. The van der Waals surface area contributed by atoms with Gasteiger partial charge in [-0.3, -0.25) is 9.80 Å². The van der Waals surface area contributed by atoms with E-state index in [1.165, 1.54) is 7.11 Å². The molecule has 25 heavy (non-hydrogen) atoms. The molecule has 3 rings (SSSR count). The van der Waals surface area contributed by atoms with Gasteiger partial charge in [-0.2, -0.15) is 5.10 Å². The molecule has 0 aliphatic carbocycles. The molecule has 0 unspecified atom stereocenters. The Morgan fingerprint density at radius 2 is 2.24 bits per heavy atom. The van der Waals surface area contributed by atoms with Crippen LogP contribution >= 0.6 is 0 Å². The number of carbonyl (C=O) groups excluding carboxylic acids is 1. The number of hydrazone groups is 1. The predicted octanol–water partition coefficient (Wildman–Crippen LogP) is 2.16. The fraction of sp³-hybridized carbons (Fsp3) is 0.556. The highest BCUT2D eigenvalue weighted by atomic mass is 16.7. The number of carbonyl (C=O) groups is 1. The normalized spacial score (nSPS) is 20.2. The molecule has 7 heteroatoms. The summed E-state index contributed by atoms with van der Waals surface area (Å²) >= 11 is 0. The smallest absolute Gasteiger partial charge is 0.306 e. The Labute approximate surface area is 147 Å². The van der Waals surface area contributed by atoms with E-state index in [0.29, 0.717) is 12.4 Å². The lowest BCUT2D eigenvalue weighted by atomic mass is 9.96. The van der Waals surface area contributed by atoms with E-state index in [0.717, 1.165) is 30.7 Å². The summed E-state index contributed by atoms with van der Waals surface area (Å²) in [6.07, 6.45) is 4.21. The lowest BCUT2D eigenvalue weighted by Gasteiger charge is -2.21. The molecular weight excluding hydrogens is 324 g/mol. The van der Waals surface area contributed by atoms with Crippen molar-refractivity contribution in [3.63, 3.8) is 0 Å². The van der Waals surface area contributed by atoms with Crippen LogP contribution in [0.25, 0.3) is 0 Å². The Kier molecular flexibility index (Phi) is 5.75. The standard InChI is InChI=1S/C18H24N2O5/c1-22-11-15-4-3-7-20(15)19-10-14(9-18(21)23-2)13-5-6-16-17(8-13)25-12-24-16/h5-6,8,10,14-15H,3-4,7,9,11-12H2,1-2H3/b19-10+/t14-,15-/m1/s1. The summed E-state index contributed by atoms with van der Waals surface area (Å²) < 4.78 is 20.9. The highest BCUT2D eigenvalue weighted by Crippen LogP contribution is 2.35. The second kappa shape index (κ2) is 8.20. The van der Waals surface area contributed by atoms with Gasteiger partial charge in [0.25, 0.3) is 0 Å². The van der Waals surface area contributed by atoms with Crippen LogP contribution in [0.4, 0.5) is 0 Å². The van der Waals surface area contributed by atoms with Gasteiger partial charge in [0.2, 0.25) is 6.79 Å². The van der Waals surface area contributed by atoms with Gasteiger partial charge in [0.05, 0.1) is 26.2 Å². The Balaban J connectivity index is 1.77. The topological polar surface area (TPSA) is 69.6 Å². The number of hydrogen-bond donors (Lipinski definition) is 0. The van der Waals surface area contributed by atoms with Crippen molar-refractivity contribution < 1.29 is 23.7 Å². The van der Waals surface area contributed by atoms with Crippen molar-refractivity contribution in [3.8, 4) is 11.5 Å². The zero-order valence-corrected chi connectivity index (χ0v) is 14.6. The van der Waals surface area contributed by atoms with Crippen LogP contribution in [0.5, 0.6) is 11.5 Å². The van der Waals surface area contributed by atoms with Crippen LogP contribution in [0.1, 0.15) is 30.7 Å². The van der Waals surface area contributed by atoms with Crippen LogP contribution in [0, 0.1) is 0 Å². The molecule has 1 saturated heterocycles. The molecule has 1 aromatic rings. The number of rotatable bonds is 7. The van der Waals surface area contributed by atoms with Crippen molar-refractivity contribution in [2.24, 2.45) is 5.10 Å². The minimum atomic E-state index is -0.274. The molecule has 0 saturated carbocycles. The number of esters is 1. The monoisotopic (exact) mass is 348 g/mol. The minimum Gasteiger partial charge on any atom is -0.469 e. The van der Waals surface area contributed by atoms with Crippen LogP contribution in [0.2, 0.25) is 0 Å². The van der Waals surface area contributed by atoms with Gasteiger partial charge in [-0.1, -0.05) is 6.07 Å². The molecule has 136 valence electrons. The number of ether oxygens (including phenoxy) is 4. The van der Waals surface area contributed by atoms with Gasteiger partial charge in [0, 0.05) is 25.8 Å².